The molecule has 3 rings (SSSR count). The molecule has 0 bridgehead atoms. The lowest BCUT2D eigenvalue weighted by atomic mass is 10.1. The van der Waals surface area contributed by atoms with Crippen molar-refractivity contribution in [3.63, 3.8) is 0 Å². The van der Waals surface area contributed by atoms with Gasteiger partial charge in [-0.1, -0.05) is 11.6 Å². The van der Waals surface area contributed by atoms with Crippen molar-refractivity contribution in [3.05, 3.63) is 40.6 Å². The van der Waals surface area contributed by atoms with Crippen LogP contribution in [0.4, 0.5) is 0 Å². The molecule has 0 aliphatic carbocycles. The summed E-state index contributed by atoms with van der Waals surface area (Å²) in [5.74, 6) is 0.284. The zero-order valence-corrected chi connectivity index (χ0v) is 12.2. The normalized spacial score (nSPS) is 18.8. The Morgan fingerprint density at radius 3 is 2.95 bits per heavy atom. The maximum atomic E-state index is 12.5. The molecule has 1 atom stereocenters. The van der Waals surface area contributed by atoms with Crippen LogP contribution in [0.2, 0.25) is 5.15 Å². The number of carbonyl (C=O) groups is 1. The second kappa shape index (κ2) is 4.98. The molecule has 1 fully saturated rings. The molecule has 1 aliphatic rings. The average Bonchev–Trinajstić information content (AvgIpc) is 3.12. The Hall–Kier alpha value is -1.75. The maximum Gasteiger partial charge on any atom is 0.290 e. The standard InChI is InChI=1S/C14H16ClN3O2/c1-9-12(13(15)17(2)16-9)10-5-3-7-18(10)14(19)11-6-4-8-20-11/h4,6,8,10H,3,5,7H2,1-2H3. The molecule has 0 saturated carbocycles. The van der Waals surface area contributed by atoms with Gasteiger partial charge in [0.15, 0.2) is 5.76 Å². The Morgan fingerprint density at radius 2 is 2.35 bits per heavy atom. The molecule has 6 heteroatoms. The lowest BCUT2D eigenvalue weighted by molar-refractivity contribution is 0.0703. The third kappa shape index (κ3) is 2.02. The van der Waals surface area contributed by atoms with E-state index in [1.807, 2.05) is 18.9 Å². The van der Waals surface area contributed by atoms with Gasteiger partial charge in [0.2, 0.25) is 0 Å². The summed E-state index contributed by atoms with van der Waals surface area (Å²) in [6, 6.07) is 3.39. The van der Waals surface area contributed by atoms with Crippen molar-refractivity contribution >= 4 is 17.5 Å². The Balaban J connectivity index is 1.95. The zero-order valence-electron chi connectivity index (χ0n) is 11.5. The van der Waals surface area contributed by atoms with E-state index in [1.54, 1.807) is 16.8 Å². The van der Waals surface area contributed by atoms with Gasteiger partial charge in [0.05, 0.1) is 18.0 Å². The lowest BCUT2D eigenvalue weighted by Gasteiger charge is -2.24. The summed E-state index contributed by atoms with van der Waals surface area (Å²) in [4.78, 5) is 14.3. The van der Waals surface area contributed by atoms with Gasteiger partial charge in [0, 0.05) is 19.2 Å². The topological polar surface area (TPSA) is 51.3 Å². The molecule has 2 aromatic heterocycles. The molecule has 0 aromatic carbocycles. The van der Waals surface area contributed by atoms with Crippen molar-refractivity contribution in [3.8, 4) is 0 Å². The summed E-state index contributed by atoms with van der Waals surface area (Å²) >= 11 is 6.33. The number of rotatable bonds is 2. The molecule has 1 unspecified atom stereocenters. The highest BCUT2D eigenvalue weighted by molar-refractivity contribution is 6.30. The SMILES string of the molecule is Cc1nn(C)c(Cl)c1C1CCCN1C(=O)c1ccco1. The fourth-order valence-corrected chi connectivity index (χ4v) is 3.18. The van der Waals surface area contributed by atoms with E-state index >= 15 is 0 Å². The Morgan fingerprint density at radius 1 is 1.55 bits per heavy atom. The Kier molecular flexibility index (Phi) is 3.30. The molecular weight excluding hydrogens is 278 g/mol. The van der Waals surface area contributed by atoms with E-state index in [4.69, 9.17) is 16.0 Å². The van der Waals surface area contributed by atoms with Crippen LogP contribution >= 0.6 is 11.6 Å². The van der Waals surface area contributed by atoms with Gasteiger partial charge in [-0.25, -0.2) is 0 Å². The highest BCUT2D eigenvalue weighted by atomic mass is 35.5. The number of furan rings is 1. The minimum atomic E-state index is -0.0863. The number of nitrogens with zero attached hydrogens (tertiary/aromatic N) is 3. The van der Waals surface area contributed by atoms with E-state index in [1.165, 1.54) is 6.26 Å². The van der Waals surface area contributed by atoms with Gasteiger partial charge in [0.1, 0.15) is 5.15 Å². The quantitative estimate of drug-likeness (QED) is 0.855. The van der Waals surface area contributed by atoms with E-state index in [0.29, 0.717) is 10.9 Å². The third-order valence-electron chi connectivity index (χ3n) is 3.78. The van der Waals surface area contributed by atoms with Gasteiger partial charge < -0.3 is 9.32 Å². The molecular formula is C14H16ClN3O2. The van der Waals surface area contributed by atoms with Crippen molar-refractivity contribution in [2.45, 2.75) is 25.8 Å². The molecule has 20 heavy (non-hydrogen) atoms. The summed E-state index contributed by atoms with van der Waals surface area (Å²) in [6.45, 7) is 2.64. The summed E-state index contributed by atoms with van der Waals surface area (Å²) in [5, 5.41) is 4.94. The smallest absolute Gasteiger partial charge is 0.290 e. The molecule has 1 amide bonds. The molecule has 0 radical (unpaired) electrons. The van der Waals surface area contributed by atoms with E-state index in [2.05, 4.69) is 5.10 Å². The van der Waals surface area contributed by atoms with Crippen LogP contribution in [0.3, 0.4) is 0 Å². The first-order valence-electron chi connectivity index (χ1n) is 6.63. The summed E-state index contributed by atoms with van der Waals surface area (Å²) < 4.78 is 6.87. The molecule has 5 nitrogen and oxygen atoms in total. The minimum Gasteiger partial charge on any atom is -0.459 e. The predicted molar refractivity (Wildman–Crippen MR) is 74.7 cm³/mol. The van der Waals surface area contributed by atoms with E-state index in [0.717, 1.165) is 30.6 Å². The monoisotopic (exact) mass is 293 g/mol. The van der Waals surface area contributed by atoms with Gasteiger partial charge in [-0.05, 0) is 31.9 Å². The average molecular weight is 294 g/mol. The molecule has 106 valence electrons. The van der Waals surface area contributed by atoms with Crippen LogP contribution in [-0.4, -0.2) is 27.1 Å². The van der Waals surface area contributed by atoms with Gasteiger partial charge in [-0.2, -0.15) is 5.10 Å². The number of hydrogen-bond acceptors (Lipinski definition) is 3. The first kappa shape index (κ1) is 13.2. The van der Waals surface area contributed by atoms with Crippen LogP contribution in [0.25, 0.3) is 0 Å². The lowest BCUT2D eigenvalue weighted by Crippen LogP contribution is -2.30. The number of aromatic nitrogens is 2. The number of likely N-dealkylation sites (tertiary alicyclic amines) is 1. The Bertz CT molecular complexity index is 633. The number of aryl methyl sites for hydroxylation is 2. The van der Waals surface area contributed by atoms with Crippen LogP contribution < -0.4 is 0 Å². The molecule has 1 saturated heterocycles. The maximum absolute atomic E-state index is 12.5. The van der Waals surface area contributed by atoms with Gasteiger partial charge in [-0.15, -0.1) is 0 Å². The number of amides is 1. The largest absolute Gasteiger partial charge is 0.459 e. The van der Waals surface area contributed by atoms with Crippen LogP contribution in [0, 0.1) is 6.92 Å². The van der Waals surface area contributed by atoms with E-state index < -0.39 is 0 Å². The van der Waals surface area contributed by atoms with Crippen LogP contribution in [-0.2, 0) is 7.05 Å². The van der Waals surface area contributed by atoms with Crippen molar-refractivity contribution in [2.24, 2.45) is 7.05 Å². The summed E-state index contributed by atoms with van der Waals surface area (Å²) in [6.07, 6.45) is 3.38. The fraction of sp³-hybridized carbons (Fsp3) is 0.429. The second-order valence-corrected chi connectivity index (χ2v) is 5.41. The predicted octanol–water partition coefficient (Wildman–Crippen LogP) is 2.95. The van der Waals surface area contributed by atoms with Crippen LogP contribution in [0.1, 0.15) is 40.7 Å². The van der Waals surface area contributed by atoms with Crippen molar-refractivity contribution in [2.75, 3.05) is 6.54 Å². The van der Waals surface area contributed by atoms with E-state index in [-0.39, 0.29) is 11.9 Å². The molecule has 3 heterocycles. The van der Waals surface area contributed by atoms with Gasteiger partial charge in [0.25, 0.3) is 5.91 Å². The molecule has 1 aliphatic heterocycles. The van der Waals surface area contributed by atoms with E-state index in [9.17, 15) is 4.79 Å². The first-order valence-corrected chi connectivity index (χ1v) is 7.01. The van der Waals surface area contributed by atoms with Gasteiger partial charge in [-0.3, -0.25) is 9.48 Å². The molecule has 0 N–H and O–H groups in total. The first-order chi connectivity index (χ1) is 9.59. The van der Waals surface area contributed by atoms with Crippen LogP contribution in [0.15, 0.2) is 22.8 Å². The second-order valence-electron chi connectivity index (χ2n) is 5.05. The van der Waals surface area contributed by atoms with Gasteiger partial charge >= 0.3 is 0 Å². The van der Waals surface area contributed by atoms with Crippen molar-refractivity contribution in [1.82, 2.24) is 14.7 Å². The van der Waals surface area contributed by atoms with Crippen molar-refractivity contribution < 1.29 is 9.21 Å². The van der Waals surface area contributed by atoms with Crippen molar-refractivity contribution in [1.29, 1.82) is 0 Å². The Labute approximate surface area is 122 Å². The summed E-state index contributed by atoms with van der Waals surface area (Å²) in [5.41, 5.74) is 1.83. The fourth-order valence-electron chi connectivity index (χ4n) is 2.88. The minimum absolute atomic E-state index is 0.0196. The number of hydrogen-bond donors (Lipinski definition) is 0. The highest BCUT2D eigenvalue weighted by Crippen LogP contribution is 2.38. The number of carbonyl (C=O) groups excluding carboxylic acids is 1. The van der Waals surface area contributed by atoms with Crippen LogP contribution in [0.5, 0.6) is 0 Å². The molecule has 0 spiro atoms. The highest BCUT2D eigenvalue weighted by Gasteiger charge is 2.35. The number of halogens is 1. The summed E-state index contributed by atoms with van der Waals surface area (Å²) in [7, 11) is 1.81. The molecule has 2 aromatic rings. The zero-order chi connectivity index (χ0) is 14.3. The third-order valence-corrected chi connectivity index (χ3v) is 4.22.